The molecule has 0 radical (unpaired) electrons. The van der Waals surface area contributed by atoms with Crippen molar-refractivity contribution in [1.82, 2.24) is 14.7 Å². The van der Waals surface area contributed by atoms with E-state index >= 15 is 0 Å². The molecule has 0 bridgehead atoms. The Bertz CT molecular complexity index is 1070. The second-order valence-electron chi connectivity index (χ2n) is 6.98. The van der Waals surface area contributed by atoms with E-state index in [0.29, 0.717) is 36.5 Å². The Kier molecular flexibility index (Phi) is 5.41. The fourth-order valence-corrected chi connectivity index (χ4v) is 4.46. The van der Waals surface area contributed by atoms with Gasteiger partial charge in [0.15, 0.2) is 0 Å². The third-order valence-electron chi connectivity index (χ3n) is 4.81. The van der Waals surface area contributed by atoms with Gasteiger partial charge in [0.2, 0.25) is 10.0 Å². The summed E-state index contributed by atoms with van der Waals surface area (Å²) in [7, 11) is -3.45. The Morgan fingerprint density at radius 1 is 1.17 bits per heavy atom. The molecule has 1 atom stereocenters. The monoisotopic (exact) mass is 420 g/mol. The summed E-state index contributed by atoms with van der Waals surface area (Å²) in [5.41, 5.74) is 1.53. The van der Waals surface area contributed by atoms with E-state index in [9.17, 15) is 17.2 Å². The third-order valence-corrected chi connectivity index (χ3v) is 6.73. The SMILES string of the molecule is O=S(=O)(NCC(Cc1ncc(C2=NN=NC2)cn1)c1ccc(F)cc1F)C1CC1. The van der Waals surface area contributed by atoms with Crippen LogP contribution in [0.1, 0.15) is 35.7 Å². The maximum atomic E-state index is 14.4. The van der Waals surface area contributed by atoms with E-state index in [2.05, 4.69) is 30.1 Å². The highest BCUT2D eigenvalue weighted by Crippen LogP contribution is 2.29. The number of benzene rings is 1. The second-order valence-corrected chi connectivity index (χ2v) is 9.03. The molecule has 1 saturated carbocycles. The van der Waals surface area contributed by atoms with Gasteiger partial charge in [-0.05, 0) is 29.7 Å². The van der Waals surface area contributed by atoms with E-state index in [0.717, 1.165) is 12.1 Å². The van der Waals surface area contributed by atoms with Crippen molar-refractivity contribution in [2.75, 3.05) is 13.1 Å². The lowest BCUT2D eigenvalue weighted by Gasteiger charge is -2.18. The molecule has 152 valence electrons. The number of aromatic nitrogens is 2. The normalized spacial score (nSPS) is 17.4. The fourth-order valence-electron chi connectivity index (χ4n) is 3.03. The van der Waals surface area contributed by atoms with Crippen molar-refractivity contribution >= 4 is 15.7 Å². The summed E-state index contributed by atoms with van der Waals surface area (Å²) < 4.78 is 54.6. The van der Waals surface area contributed by atoms with Crippen LogP contribution in [-0.4, -0.2) is 42.4 Å². The molecule has 1 aliphatic heterocycles. The summed E-state index contributed by atoms with van der Waals surface area (Å²) in [6.45, 7) is 0.325. The van der Waals surface area contributed by atoms with Crippen molar-refractivity contribution in [3.8, 4) is 0 Å². The average molecular weight is 420 g/mol. The average Bonchev–Trinajstić information content (AvgIpc) is 3.43. The van der Waals surface area contributed by atoms with Gasteiger partial charge >= 0.3 is 0 Å². The quantitative estimate of drug-likeness (QED) is 0.707. The summed E-state index contributed by atoms with van der Waals surface area (Å²) in [6, 6.07) is 3.26. The van der Waals surface area contributed by atoms with Gasteiger partial charge in [0.05, 0.1) is 11.0 Å². The Morgan fingerprint density at radius 3 is 2.55 bits per heavy atom. The molecule has 2 heterocycles. The van der Waals surface area contributed by atoms with Crippen molar-refractivity contribution in [1.29, 1.82) is 0 Å². The van der Waals surface area contributed by atoms with Gasteiger partial charge in [-0.15, -0.1) is 5.10 Å². The highest BCUT2D eigenvalue weighted by Gasteiger charge is 2.36. The van der Waals surface area contributed by atoms with Crippen LogP contribution in [0.25, 0.3) is 0 Å². The minimum Gasteiger partial charge on any atom is -0.241 e. The molecule has 11 heteroatoms. The van der Waals surface area contributed by atoms with Crippen LogP contribution in [-0.2, 0) is 16.4 Å². The van der Waals surface area contributed by atoms with Gasteiger partial charge in [-0.3, -0.25) is 0 Å². The van der Waals surface area contributed by atoms with Gasteiger partial charge < -0.3 is 0 Å². The van der Waals surface area contributed by atoms with Crippen molar-refractivity contribution in [3.05, 3.63) is 59.2 Å². The Hall–Kier alpha value is -2.66. The Labute approximate surface area is 166 Å². The van der Waals surface area contributed by atoms with Crippen LogP contribution in [0, 0.1) is 11.6 Å². The van der Waals surface area contributed by atoms with Crippen LogP contribution in [0.2, 0.25) is 0 Å². The van der Waals surface area contributed by atoms with Crippen LogP contribution < -0.4 is 4.72 Å². The first-order valence-corrected chi connectivity index (χ1v) is 10.6. The van der Waals surface area contributed by atoms with E-state index < -0.39 is 27.6 Å². The zero-order valence-corrected chi connectivity index (χ0v) is 16.1. The fraction of sp³-hybridized carbons (Fsp3) is 0.389. The first-order chi connectivity index (χ1) is 13.9. The molecule has 29 heavy (non-hydrogen) atoms. The molecule has 1 aromatic carbocycles. The number of sulfonamides is 1. The summed E-state index contributed by atoms with van der Waals surface area (Å²) >= 11 is 0. The summed E-state index contributed by atoms with van der Waals surface area (Å²) in [6.07, 6.45) is 4.57. The predicted molar refractivity (Wildman–Crippen MR) is 101 cm³/mol. The molecule has 8 nitrogen and oxygen atoms in total. The van der Waals surface area contributed by atoms with Gasteiger partial charge in [0, 0.05) is 42.9 Å². The first-order valence-electron chi connectivity index (χ1n) is 9.10. The number of nitrogens with one attached hydrogen (secondary N) is 1. The maximum Gasteiger partial charge on any atom is 0.214 e. The molecular formula is C18H18F2N6O2S. The van der Waals surface area contributed by atoms with Crippen molar-refractivity contribution in [2.45, 2.75) is 30.4 Å². The highest BCUT2D eigenvalue weighted by molar-refractivity contribution is 7.90. The standard InChI is InChI=1S/C18H18F2N6O2S/c19-13-1-4-15(16(20)6-13)11(9-24-29(27,28)14-2-3-14)5-18-21-7-12(8-22-18)17-10-23-26-25-17/h1,4,6-8,11,14,24H,2-3,5,9-10H2. The number of halogens is 2. The van der Waals surface area contributed by atoms with Gasteiger partial charge in [-0.1, -0.05) is 6.07 Å². The molecule has 1 aromatic heterocycles. The summed E-state index contributed by atoms with van der Waals surface area (Å²) in [5, 5.41) is 10.8. The smallest absolute Gasteiger partial charge is 0.214 e. The molecular weight excluding hydrogens is 402 g/mol. The largest absolute Gasteiger partial charge is 0.241 e. The molecule has 1 fully saturated rings. The first kappa shape index (κ1) is 19.6. The number of nitrogens with zero attached hydrogens (tertiary/aromatic N) is 5. The predicted octanol–water partition coefficient (Wildman–Crippen LogP) is 2.33. The number of rotatable bonds is 8. The molecule has 1 aliphatic carbocycles. The zero-order chi connectivity index (χ0) is 20.4. The Morgan fingerprint density at radius 2 is 1.93 bits per heavy atom. The molecule has 4 rings (SSSR count). The number of hydrogen-bond donors (Lipinski definition) is 1. The molecule has 2 aliphatic rings. The summed E-state index contributed by atoms with van der Waals surface area (Å²) in [4.78, 5) is 8.56. The van der Waals surface area contributed by atoms with E-state index in [4.69, 9.17) is 0 Å². The van der Waals surface area contributed by atoms with Gasteiger partial charge in [-0.25, -0.2) is 31.9 Å². The van der Waals surface area contributed by atoms with Gasteiger partial charge in [-0.2, -0.15) is 5.11 Å². The molecule has 1 N–H and O–H groups in total. The van der Waals surface area contributed by atoms with Crippen LogP contribution in [0.5, 0.6) is 0 Å². The minimum absolute atomic E-state index is 0.0308. The lowest BCUT2D eigenvalue weighted by atomic mass is 9.95. The molecule has 0 amide bonds. The number of hydrogen-bond acceptors (Lipinski definition) is 7. The lowest BCUT2D eigenvalue weighted by Crippen LogP contribution is -2.32. The van der Waals surface area contributed by atoms with E-state index in [1.165, 1.54) is 6.07 Å². The lowest BCUT2D eigenvalue weighted by molar-refractivity contribution is 0.532. The van der Waals surface area contributed by atoms with Crippen molar-refractivity contribution in [2.24, 2.45) is 15.4 Å². The maximum absolute atomic E-state index is 14.4. The van der Waals surface area contributed by atoms with Crippen molar-refractivity contribution < 1.29 is 17.2 Å². The molecule has 2 aromatic rings. The van der Waals surface area contributed by atoms with Gasteiger partial charge in [0.25, 0.3) is 0 Å². The van der Waals surface area contributed by atoms with Crippen LogP contribution in [0.4, 0.5) is 8.78 Å². The van der Waals surface area contributed by atoms with Crippen LogP contribution in [0.15, 0.2) is 46.0 Å². The Balaban J connectivity index is 1.54. The highest BCUT2D eigenvalue weighted by atomic mass is 32.2. The topological polar surface area (TPSA) is 109 Å². The molecule has 1 unspecified atom stereocenters. The molecule has 0 spiro atoms. The van der Waals surface area contributed by atoms with Crippen molar-refractivity contribution in [3.63, 3.8) is 0 Å². The second kappa shape index (κ2) is 7.99. The van der Waals surface area contributed by atoms with E-state index in [1.54, 1.807) is 12.4 Å². The van der Waals surface area contributed by atoms with E-state index in [-0.39, 0.29) is 23.8 Å². The summed E-state index contributed by atoms with van der Waals surface area (Å²) in [5.74, 6) is -1.62. The third kappa shape index (κ3) is 4.67. The molecule has 0 saturated heterocycles. The van der Waals surface area contributed by atoms with Crippen LogP contribution in [0.3, 0.4) is 0 Å². The van der Waals surface area contributed by atoms with Crippen LogP contribution >= 0.6 is 0 Å². The van der Waals surface area contributed by atoms with E-state index in [1.807, 2.05) is 0 Å². The van der Waals surface area contributed by atoms with Gasteiger partial charge in [0.1, 0.15) is 24.0 Å². The minimum atomic E-state index is -3.45. The zero-order valence-electron chi connectivity index (χ0n) is 15.3.